The van der Waals surface area contributed by atoms with Crippen molar-refractivity contribution in [1.29, 1.82) is 5.26 Å². The Kier molecular flexibility index (Phi) is 3.25. The van der Waals surface area contributed by atoms with Crippen LogP contribution in [0, 0.1) is 18.3 Å². The number of nitriles is 1. The van der Waals surface area contributed by atoms with Crippen LogP contribution in [0.5, 0.6) is 0 Å². The molecule has 84 valence electrons. The zero-order valence-electron chi connectivity index (χ0n) is 10.2. The number of hydrogen-bond donors (Lipinski definition) is 0. The minimum atomic E-state index is 0.740. The van der Waals surface area contributed by atoms with Crippen LogP contribution in [0.2, 0.25) is 0 Å². The number of benzene rings is 2. The lowest BCUT2D eigenvalue weighted by atomic mass is 9.96. The van der Waals surface area contributed by atoms with E-state index in [9.17, 15) is 0 Å². The van der Waals surface area contributed by atoms with E-state index >= 15 is 0 Å². The third-order valence-corrected chi connectivity index (χ3v) is 2.94. The zero-order chi connectivity index (χ0) is 12.3. The van der Waals surface area contributed by atoms with Gasteiger partial charge in [-0.1, -0.05) is 48.9 Å². The molecule has 1 heteroatoms. The Morgan fingerprint density at radius 1 is 1.12 bits per heavy atom. The zero-order valence-corrected chi connectivity index (χ0v) is 10.2. The maximum absolute atomic E-state index is 9.15. The van der Waals surface area contributed by atoms with Crippen molar-refractivity contribution in [2.45, 2.75) is 20.3 Å². The average Bonchev–Trinajstić information content (AvgIpc) is 2.39. The second-order valence-electron chi connectivity index (χ2n) is 4.21. The van der Waals surface area contributed by atoms with Crippen LogP contribution >= 0.6 is 0 Å². The molecule has 0 atom stereocenters. The van der Waals surface area contributed by atoms with Gasteiger partial charge >= 0.3 is 0 Å². The molecule has 0 heterocycles. The van der Waals surface area contributed by atoms with Crippen LogP contribution in [0.1, 0.15) is 23.6 Å². The minimum absolute atomic E-state index is 0.740. The van der Waals surface area contributed by atoms with Crippen LogP contribution in [-0.2, 0) is 6.42 Å². The standard InChI is InChI=1S/C16H15N/c1-3-13-5-4-6-14(10-13)16-9-12(2)7-8-15(16)11-17/h4-10H,3H2,1-2H3. The summed E-state index contributed by atoms with van der Waals surface area (Å²) >= 11 is 0. The van der Waals surface area contributed by atoms with E-state index in [4.69, 9.17) is 5.26 Å². The van der Waals surface area contributed by atoms with Crippen molar-refractivity contribution >= 4 is 0 Å². The summed E-state index contributed by atoms with van der Waals surface area (Å²) in [5, 5.41) is 9.15. The number of aryl methyl sites for hydroxylation is 2. The molecule has 0 bridgehead atoms. The van der Waals surface area contributed by atoms with Gasteiger partial charge in [0.05, 0.1) is 11.6 Å². The molecule has 0 amide bonds. The first-order valence-corrected chi connectivity index (χ1v) is 5.84. The molecule has 0 aliphatic rings. The molecule has 0 saturated carbocycles. The summed E-state index contributed by atoms with van der Waals surface area (Å²) in [6.07, 6.45) is 1.02. The van der Waals surface area contributed by atoms with Crippen LogP contribution in [0.4, 0.5) is 0 Å². The fraction of sp³-hybridized carbons (Fsp3) is 0.188. The monoisotopic (exact) mass is 221 g/mol. The Balaban J connectivity index is 2.59. The van der Waals surface area contributed by atoms with E-state index < -0.39 is 0 Å². The topological polar surface area (TPSA) is 23.8 Å². The van der Waals surface area contributed by atoms with Crippen LogP contribution in [0.3, 0.4) is 0 Å². The Morgan fingerprint density at radius 3 is 2.65 bits per heavy atom. The minimum Gasteiger partial charge on any atom is -0.192 e. The molecule has 1 nitrogen and oxygen atoms in total. The van der Waals surface area contributed by atoms with Crippen LogP contribution in [0.15, 0.2) is 42.5 Å². The van der Waals surface area contributed by atoms with Crippen molar-refractivity contribution in [3.63, 3.8) is 0 Å². The molecule has 2 rings (SSSR count). The maximum atomic E-state index is 9.15. The lowest BCUT2D eigenvalue weighted by Crippen LogP contribution is -1.87. The smallest absolute Gasteiger partial charge is 0.0998 e. The fourth-order valence-electron chi connectivity index (χ4n) is 1.95. The number of hydrogen-bond acceptors (Lipinski definition) is 1. The SMILES string of the molecule is CCc1cccc(-c2cc(C)ccc2C#N)c1. The van der Waals surface area contributed by atoms with E-state index in [2.05, 4.69) is 43.3 Å². The van der Waals surface area contributed by atoms with E-state index in [-0.39, 0.29) is 0 Å². The highest BCUT2D eigenvalue weighted by atomic mass is 14.2. The van der Waals surface area contributed by atoms with E-state index in [0.29, 0.717) is 0 Å². The average molecular weight is 221 g/mol. The highest BCUT2D eigenvalue weighted by Gasteiger charge is 2.05. The molecule has 0 fully saturated rings. The van der Waals surface area contributed by atoms with Gasteiger partial charge in [-0.15, -0.1) is 0 Å². The second kappa shape index (κ2) is 4.84. The summed E-state index contributed by atoms with van der Waals surface area (Å²) in [5.41, 5.74) is 5.38. The Bertz CT molecular complexity index is 576. The van der Waals surface area contributed by atoms with Gasteiger partial charge in [-0.2, -0.15) is 5.26 Å². The molecule has 2 aromatic rings. The lowest BCUT2D eigenvalue weighted by Gasteiger charge is -2.07. The van der Waals surface area contributed by atoms with E-state index in [0.717, 1.165) is 23.1 Å². The van der Waals surface area contributed by atoms with E-state index in [1.54, 1.807) is 0 Å². The summed E-state index contributed by atoms with van der Waals surface area (Å²) < 4.78 is 0. The molecule has 2 aromatic carbocycles. The summed E-state index contributed by atoms with van der Waals surface area (Å²) in [7, 11) is 0. The third kappa shape index (κ3) is 2.37. The molecule has 0 unspecified atom stereocenters. The molecule has 17 heavy (non-hydrogen) atoms. The highest BCUT2D eigenvalue weighted by molar-refractivity contribution is 5.71. The number of nitrogens with zero attached hydrogens (tertiary/aromatic N) is 1. The van der Waals surface area contributed by atoms with Crippen molar-refractivity contribution in [1.82, 2.24) is 0 Å². The fourth-order valence-corrected chi connectivity index (χ4v) is 1.95. The first-order valence-electron chi connectivity index (χ1n) is 5.84. The highest BCUT2D eigenvalue weighted by Crippen LogP contribution is 2.25. The Labute approximate surface area is 102 Å². The van der Waals surface area contributed by atoms with Crippen molar-refractivity contribution in [2.24, 2.45) is 0 Å². The molecule has 0 aliphatic heterocycles. The molecule has 0 radical (unpaired) electrons. The molecule has 0 aromatic heterocycles. The molecule has 0 spiro atoms. The van der Waals surface area contributed by atoms with Crippen LogP contribution in [-0.4, -0.2) is 0 Å². The normalized spacial score (nSPS) is 9.94. The van der Waals surface area contributed by atoms with Gasteiger partial charge in [0.15, 0.2) is 0 Å². The molecule has 0 aliphatic carbocycles. The summed E-state index contributed by atoms with van der Waals surface area (Å²) in [5.74, 6) is 0. The summed E-state index contributed by atoms with van der Waals surface area (Å²) in [6, 6.07) is 16.6. The third-order valence-electron chi connectivity index (χ3n) is 2.94. The van der Waals surface area contributed by atoms with E-state index in [1.807, 2.05) is 19.1 Å². The van der Waals surface area contributed by atoms with Crippen LogP contribution < -0.4 is 0 Å². The predicted molar refractivity (Wildman–Crippen MR) is 70.7 cm³/mol. The number of rotatable bonds is 2. The van der Waals surface area contributed by atoms with Gasteiger partial charge in [-0.05, 0) is 36.1 Å². The second-order valence-corrected chi connectivity index (χ2v) is 4.21. The van der Waals surface area contributed by atoms with Gasteiger partial charge < -0.3 is 0 Å². The van der Waals surface area contributed by atoms with Gasteiger partial charge in [-0.25, -0.2) is 0 Å². The van der Waals surface area contributed by atoms with E-state index in [1.165, 1.54) is 11.1 Å². The van der Waals surface area contributed by atoms with Gasteiger partial charge in [0.1, 0.15) is 0 Å². The molecular formula is C16H15N. The van der Waals surface area contributed by atoms with Gasteiger partial charge in [0.2, 0.25) is 0 Å². The van der Waals surface area contributed by atoms with Crippen molar-refractivity contribution < 1.29 is 0 Å². The maximum Gasteiger partial charge on any atom is 0.0998 e. The quantitative estimate of drug-likeness (QED) is 0.749. The van der Waals surface area contributed by atoms with Crippen molar-refractivity contribution in [2.75, 3.05) is 0 Å². The van der Waals surface area contributed by atoms with Crippen molar-refractivity contribution in [3.8, 4) is 17.2 Å². The Morgan fingerprint density at radius 2 is 1.94 bits per heavy atom. The molecule has 0 N–H and O–H groups in total. The lowest BCUT2D eigenvalue weighted by molar-refractivity contribution is 1.14. The molecule has 0 saturated heterocycles. The molecular weight excluding hydrogens is 206 g/mol. The largest absolute Gasteiger partial charge is 0.192 e. The summed E-state index contributed by atoms with van der Waals surface area (Å²) in [6.45, 7) is 4.19. The van der Waals surface area contributed by atoms with Crippen LogP contribution in [0.25, 0.3) is 11.1 Å². The van der Waals surface area contributed by atoms with Gasteiger partial charge in [0, 0.05) is 0 Å². The van der Waals surface area contributed by atoms with Gasteiger partial charge in [0.25, 0.3) is 0 Å². The first kappa shape index (κ1) is 11.4. The predicted octanol–water partition coefficient (Wildman–Crippen LogP) is 4.10. The Hall–Kier alpha value is -2.07. The summed E-state index contributed by atoms with van der Waals surface area (Å²) in [4.78, 5) is 0. The van der Waals surface area contributed by atoms with Crippen molar-refractivity contribution in [3.05, 3.63) is 59.2 Å². The van der Waals surface area contributed by atoms with Gasteiger partial charge in [-0.3, -0.25) is 0 Å². The first-order chi connectivity index (χ1) is 8.24.